The van der Waals surface area contributed by atoms with Crippen molar-refractivity contribution in [1.82, 2.24) is 14.6 Å². The van der Waals surface area contributed by atoms with Crippen molar-refractivity contribution in [2.45, 2.75) is 19.0 Å². The number of alkyl halides is 3. The lowest BCUT2D eigenvalue weighted by atomic mass is 9.95. The molecule has 162 valence electrons. The number of pyridine rings is 1. The molecule has 1 aliphatic heterocycles. The van der Waals surface area contributed by atoms with Crippen molar-refractivity contribution in [2.75, 3.05) is 23.3 Å². The number of anilines is 2. The Morgan fingerprint density at radius 2 is 1.90 bits per heavy atom. The number of halogens is 3. The second-order valence-electron chi connectivity index (χ2n) is 7.16. The van der Waals surface area contributed by atoms with Crippen molar-refractivity contribution in [3.8, 4) is 0 Å². The first-order chi connectivity index (χ1) is 14.7. The fourth-order valence-corrected chi connectivity index (χ4v) is 3.63. The number of rotatable bonds is 4. The summed E-state index contributed by atoms with van der Waals surface area (Å²) >= 11 is 0. The summed E-state index contributed by atoms with van der Waals surface area (Å²) in [6, 6.07) is 7.82. The Labute approximate surface area is 173 Å². The van der Waals surface area contributed by atoms with Crippen LogP contribution in [-0.4, -0.2) is 38.5 Å². The number of benzene rings is 1. The molecule has 12 heteroatoms. The predicted molar refractivity (Wildman–Crippen MR) is 105 cm³/mol. The maximum absolute atomic E-state index is 12.9. The lowest BCUT2D eigenvalue weighted by Gasteiger charge is -2.32. The van der Waals surface area contributed by atoms with Crippen LogP contribution in [0.1, 0.15) is 18.4 Å². The molecule has 4 rings (SSSR count). The van der Waals surface area contributed by atoms with E-state index in [0.717, 1.165) is 12.1 Å². The molecule has 1 amide bonds. The van der Waals surface area contributed by atoms with Gasteiger partial charge in [-0.1, -0.05) is 6.07 Å². The zero-order chi connectivity index (χ0) is 22.2. The minimum atomic E-state index is -4.67. The molecule has 2 aromatic heterocycles. The molecule has 3 heterocycles. The molecule has 0 radical (unpaired) electrons. The third kappa shape index (κ3) is 4.13. The highest BCUT2D eigenvalue weighted by molar-refractivity contribution is 5.91. The van der Waals surface area contributed by atoms with Crippen LogP contribution in [-0.2, 0) is 11.0 Å². The summed E-state index contributed by atoms with van der Waals surface area (Å²) in [6.07, 6.45) is -2.17. The highest BCUT2D eigenvalue weighted by Gasteiger charge is 2.35. The number of hydrogen-bond acceptors (Lipinski definition) is 6. The smallest absolute Gasteiger partial charge is 0.366 e. The molecule has 0 bridgehead atoms. The predicted octanol–water partition coefficient (Wildman–Crippen LogP) is 3.51. The van der Waals surface area contributed by atoms with Gasteiger partial charge in [0.05, 0.1) is 10.5 Å². The summed E-state index contributed by atoms with van der Waals surface area (Å²) in [5.74, 6) is -0.318. The summed E-state index contributed by atoms with van der Waals surface area (Å²) in [4.78, 5) is 24.8. The number of nitrogens with zero attached hydrogens (tertiary/aromatic N) is 5. The van der Waals surface area contributed by atoms with Crippen LogP contribution in [0.15, 0.2) is 42.6 Å². The molecule has 1 saturated heterocycles. The second-order valence-corrected chi connectivity index (χ2v) is 7.16. The lowest BCUT2D eigenvalue weighted by molar-refractivity contribution is -0.384. The van der Waals surface area contributed by atoms with Gasteiger partial charge < -0.3 is 4.90 Å². The fourth-order valence-electron chi connectivity index (χ4n) is 3.63. The molecule has 3 aromatic rings. The second kappa shape index (κ2) is 7.85. The lowest BCUT2D eigenvalue weighted by Crippen LogP contribution is -2.38. The van der Waals surface area contributed by atoms with Gasteiger partial charge in [0.1, 0.15) is 5.69 Å². The molecule has 0 atom stereocenters. The molecular weight excluding hydrogens is 417 g/mol. The molecule has 0 saturated carbocycles. The Kier molecular flexibility index (Phi) is 5.21. The van der Waals surface area contributed by atoms with Crippen molar-refractivity contribution in [3.63, 3.8) is 0 Å². The van der Waals surface area contributed by atoms with Gasteiger partial charge in [0.2, 0.25) is 11.9 Å². The first kappa shape index (κ1) is 20.6. The van der Waals surface area contributed by atoms with E-state index in [0.29, 0.717) is 43.6 Å². The van der Waals surface area contributed by atoms with Gasteiger partial charge in [-0.15, -0.1) is 10.2 Å². The van der Waals surface area contributed by atoms with Gasteiger partial charge in [0.15, 0.2) is 5.65 Å². The maximum atomic E-state index is 12.9. The van der Waals surface area contributed by atoms with E-state index in [1.165, 1.54) is 0 Å². The number of piperidine rings is 1. The number of aromatic nitrogens is 3. The molecule has 31 heavy (non-hydrogen) atoms. The van der Waals surface area contributed by atoms with E-state index in [-0.39, 0.29) is 17.5 Å². The van der Waals surface area contributed by atoms with Gasteiger partial charge in [-0.2, -0.15) is 13.2 Å². The first-order valence-corrected chi connectivity index (χ1v) is 9.45. The maximum Gasteiger partial charge on any atom is 0.416 e. The Morgan fingerprint density at radius 1 is 1.16 bits per heavy atom. The minimum Gasteiger partial charge on any atom is -0.366 e. The van der Waals surface area contributed by atoms with E-state index in [2.05, 4.69) is 15.5 Å². The van der Waals surface area contributed by atoms with Crippen molar-refractivity contribution in [2.24, 2.45) is 5.92 Å². The van der Waals surface area contributed by atoms with E-state index in [9.17, 15) is 28.1 Å². The molecule has 0 spiro atoms. The van der Waals surface area contributed by atoms with Crippen molar-refractivity contribution < 1.29 is 22.9 Å². The summed E-state index contributed by atoms with van der Waals surface area (Å²) in [6.45, 7) is 0.593. The van der Waals surface area contributed by atoms with Crippen LogP contribution in [0.4, 0.5) is 30.5 Å². The number of nitrogens with one attached hydrogen (secondary N) is 1. The quantitative estimate of drug-likeness (QED) is 0.498. The van der Waals surface area contributed by atoms with Crippen LogP contribution in [0.2, 0.25) is 0 Å². The van der Waals surface area contributed by atoms with E-state index in [4.69, 9.17) is 0 Å². The fraction of sp³-hybridized carbons (Fsp3) is 0.316. The third-order valence-corrected chi connectivity index (χ3v) is 5.25. The van der Waals surface area contributed by atoms with Gasteiger partial charge in [0.25, 0.3) is 5.69 Å². The number of nitro benzene ring substituents is 1. The van der Waals surface area contributed by atoms with E-state index < -0.39 is 22.4 Å². The standard InChI is InChI=1S/C19H17F3N6O3/c20-19(21,22)13-4-5-14(15(11-13)28(30)31)26-9-6-12(7-10-26)17(29)23-18-25-24-16-3-1-2-8-27(16)18/h1-5,8,11-12H,6-7,9-10H2,(H,23,25,29). The van der Waals surface area contributed by atoms with Crippen molar-refractivity contribution in [3.05, 3.63) is 58.3 Å². The van der Waals surface area contributed by atoms with Gasteiger partial charge in [0, 0.05) is 31.3 Å². The number of fused-ring (bicyclic) bond motifs is 1. The Balaban J connectivity index is 1.45. The molecule has 9 nitrogen and oxygen atoms in total. The average molecular weight is 434 g/mol. The topological polar surface area (TPSA) is 106 Å². The molecule has 1 aromatic carbocycles. The largest absolute Gasteiger partial charge is 0.416 e. The van der Waals surface area contributed by atoms with E-state index in [1.54, 1.807) is 33.7 Å². The summed E-state index contributed by atoms with van der Waals surface area (Å²) in [5, 5.41) is 22.0. The van der Waals surface area contributed by atoms with Gasteiger partial charge in [-0.05, 0) is 37.1 Å². The van der Waals surface area contributed by atoms with Crippen LogP contribution in [0, 0.1) is 16.0 Å². The summed E-state index contributed by atoms with van der Waals surface area (Å²) in [5.41, 5.74) is -0.979. The SMILES string of the molecule is O=C(Nc1nnc2ccccn12)C1CCN(c2ccc(C(F)(F)F)cc2[N+](=O)[O-])CC1. The molecule has 1 fully saturated rings. The highest BCUT2D eigenvalue weighted by atomic mass is 19.4. The van der Waals surface area contributed by atoms with Crippen LogP contribution in [0.5, 0.6) is 0 Å². The molecular formula is C19H17F3N6O3. The molecule has 0 unspecified atom stereocenters. The first-order valence-electron chi connectivity index (χ1n) is 9.45. The number of carbonyl (C=O) groups is 1. The minimum absolute atomic E-state index is 0.111. The van der Waals surface area contributed by atoms with Gasteiger partial charge in [-0.3, -0.25) is 24.6 Å². The van der Waals surface area contributed by atoms with Crippen LogP contribution >= 0.6 is 0 Å². The Morgan fingerprint density at radius 3 is 2.58 bits per heavy atom. The summed E-state index contributed by atoms with van der Waals surface area (Å²) in [7, 11) is 0. The normalized spacial score (nSPS) is 15.3. The molecule has 1 aliphatic rings. The monoisotopic (exact) mass is 434 g/mol. The van der Waals surface area contributed by atoms with Gasteiger partial charge in [-0.25, -0.2) is 0 Å². The van der Waals surface area contributed by atoms with Crippen molar-refractivity contribution in [1.29, 1.82) is 0 Å². The van der Waals surface area contributed by atoms with Gasteiger partial charge >= 0.3 is 6.18 Å². The van der Waals surface area contributed by atoms with Crippen molar-refractivity contribution >= 4 is 28.9 Å². The zero-order valence-corrected chi connectivity index (χ0v) is 16.0. The van der Waals surface area contributed by atoms with Crippen LogP contribution in [0.25, 0.3) is 5.65 Å². The third-order valence-electron chi connectivity index (χ3n) is 5.25. The number of carbonyl (C=O) groups excluding carboxylic acids is 1. The number of amides is 1. The number of hydrogen-bond donors (Lipinski definition) is 1. The molecule has 0 aliphatic carbocycles. The Hall–Kier alpha value is -3.70. The average Bonchev–Trinajstić information content (AvgIpc) is 3.15. The van der Waals surface area contributed by atoms with Crippen LogP contribution < -0.4 is 10.2 Å². The Bertz CT molecular complexity index is 1140. The van der Waals surface area contributed by atoms with E-state index in [1.807, 2.05) is 0 Å². The van der Waals surface area contributed by atoms with Crippen LogP contribution in [0.3, 0.4) is 0 Å². The summed E-state index contributed by atoms with van der Waals surface area (Å²) < 4.78 is 40.4. The highest BCUT2D eigenvalue weighted by Crippen LogP contribution is 2.37. The number of nitro groups is 1. The molecule has 1 N–H and O–H groups in total. The zero-order valence-electron chi connectivity index (χ0n) is 16.0. The van der Waals surface area contributed by atoms with E-state index >= 15 is 0 Å².